The van der Waals surface area contributed by atoms with Crippen molar-refractivity contribution in [3.05, 3.63) is 0 Å². The molecular formula is AlHfLaO5. The second-order valence-corrected chi connectivity index (χ2v) is 0. The van der Waals surface area contributed by atoms with Gasteiger partial charge in [0.05, 0.1) is 0 Å². The maximum absolute atomic E-state index is 0. The Balaban J connectivity index is 0. The van der Waals surface area contributed by atoms with Crippen molar-refractivity contribution >= 4 is 17.4 Å². The minimum atomic E-state index is 0. The minimum absolute atomic E-state index is 0. The van der Waals surface area contributed by atoms with E-state index in [1.807, 2.05) is 0 Å². The van der Waals surface area contributed by atoms with Gasteiger partial charge in [0, 0.05) is 0 Å². The summed E-state index contributed by atoms with van der Waals surface area (Å²) in [5.41, 5.74) is 0. The van der Waals surface area contributed by atoms with Crippen LogP contribution in [-0.2, 0) is 53.2 Å². The summed E-state index contributed by atoms with van der Waals surface area (Å²) >= 11 is 0. The van der Waals surface area contributed by atoms with Crippen LogP contribution in [0.25, 0.3) is 0 Å². The molecule has 5 nitrogen and oxygen atoms in total. The summed E-state index contributed by atoms with van der Waals surface area (Å²) in [6.45, 7) is 0. The van der Waals surface area contributed by atoms with Gasteiger partial charge in [-0.05, 0) is 0 Å². The molecule has 0 aromatic carbocycles. The van der Waals surface area contributed by atoms with Gasteiger partial charge in [-0.3, -0.25) is 0 Å². The van der Waals surface area contributed by atoms with Crippen molar-refractivity contribution in [1.29, 1.82) is 0 Å². The Hall–Kier alpha value is 2.40. The molecule has 0 rings (SSSR count). The molecule has 0 fully saturated rings. The van der Waals surface area contributed by atoms with Gasteiger partial charge in [0.1, 0.15) is 0 Å². The Morgan fingerprint density at radius 2 is 0.500 bits per heavy atom. The predicted octanol–water partition coefficient (Wildman–Crippen LogP) is -0.977. The van der Waals surface area contributed by atoms with E-state index in [-0.39, 0.29) is 106 Å². The molecule has 0 N–H and O–H groups in total. The van der Waals surface area contributed by atoms with Crippen LogP contribution in [-0.4, -0.2) is 17.4 Å². The van der Waals surface area contributed by atoms with Gasteiger partial charge in [-0.2, -0.15) is 0 Å². The van der Waals surface area contributed by atoms with E-state index in [1.54, 1.807) is 0 Å². The van der Waals surface area contributed by atoms with Gasteiger partial charge in [-0.15, -0.1) is 0 Å². The Kier molecular flexibility index (Phi) is 2300. The molecule has 0 aliphatic heterocycles. The van der Waals surface area contributed by atoms with Crippen molar-refractivity contribution in [3.63, 3.8) is 0 Å². The molecule has 0 aliphatic rings. The first kappa shape index (κ1) is 160. The maximum atomic E-state index is 0. The molecule has 0 aliphatic carbocycles. The van der Waals surface area contributed by atoms with E-state index in [0.29, 0.717) is 0 Å². The summed E-state index contributed by atoms with van der Waals surface area (Å²) in [5, 5.41) is 0. The molecule has 0 saturated heterocycles. The van der Waals surface area contributed by atoms with Gasteiger partial charge in [0.15, 0.2) is 0 Å². The number of hydrogen-bond acceptors (Lipinski definition) is 0. The van der Waals surface area contributed by atoms with Crippen molar-refractivity contribution in [2.24, 2.45) is 0 Å². The zero-order chi connectivity index (χ0) is 0. The van der Waals surface area contributed by atoms with Crippen LogP contribution >= 0.6 is 0 Å². The van der Waals surface area contributed by atoms with Crippen LogP contribution in [0.1, 0.15) is 0 Å². The summed E-state index contributed by atoms with van der Waals surface area (Å²) in [6, 6.07) is 0. The fourth-order valence-corrected chi connectivity index (χ4v) is 0. The monoisotopic (exact) mass is 426 g/mol. The fraction of sp³-hybridized carbons (Fsp3) is 0. The largest absolute Gasteiger partial charge is 4.00 e. The fourth-order valence-electron chi connectivity index (χ4n) is 0. The van der Waals surface area contributed by atoms with Gasteiger partial charge in [0.2, 0.25) is 0 Å². The second-order valence-electron chi connectivity index (χ2n) is 0. The smallest absolute Gasteiger partial charge is 2.00 e. The normalized spacial score (nSPS) is 0. The first-order chi connectivity index (χ1) is 0. The van der Waals surface area contributed by atoms with Gasteiger partial charge < -0.3 is 27.4 Å². The first-order valence-corrected chi connectivity index (χ1v) is 0. The summed E-state index contributed by atoms with van der Waals surface area (Å²) in [5.74, 6) is 0. The van der Waals surface area contributed by atoms with Crippen LogP contribution in [0.15, 0.2) is 0 Å². The molecule has 0 bridgehead atoms. The standard InChI is InChI=1S/Al.Hf.La.5O/q+3;+4;+3;5*-2. The Labute approximate surface area is 105 Å². The van der Waals surface area contributed by atoms with E-state index in [4.69, 9.17) is 0 Å². The average Bonchev–Trinajstić information content (AvgIpc) is 0. The second kappa shape index (κ2) is 115. The van der Waals surface area contributed by atoms with E-state index in [9.17, 15) is 0 Å². The van der Waals surface area contributed by atoms with Crippen molar-refractivity contribution in [2.45, 2.75) is 0 Å². The summed E-state index contributed by atoms with van der Waals surface area (Å²) in [4.78, 5) is 0. The van der Waals surface area contributed by atoms with Gasteiger partial charge in [-0.1, -0.05) is 0 Å². The van der Waals surface area contributed by atoms with Crippen LogP contribution in [0.5, 0.6) is 0 Å². The molecule has 8 heavy (non-hydrogen) atoms. The third-order valence-electron chi connectivity index (χ3n) is 0. The van der Waals surface area contributed by atoms with Crippen molar-refractivity contribution in [2.75, 3.05) is 0 Å². The molecule has 0 heterocycles. The molecule has 0 aromatic rings. The molecule has 8 heteroatoms. The molecule has 40 valence electrons. The van der Waals surface area contributed by atoms with Crippen molar-refractivity contribution in [3.8, 4) is 0 Å². The third-order valence-corrected chi connectivity index (χ3v) is 0. The first-order valence-electron chi connectivity index (χ1n) is 0. The summed E-state index contributed by atoms with van der Waals surface area (Å²) < 4.78 is 0. The summed E-state index contributed by atoms with van der Waals surface area (Å²) in [6.07, 6.45) is 0. The Morgan fingerprint density at radius 3 is 0.500 bits per heavy atom. The zero-order valence-electron chi connectivity index (χ0n) is 3.70. The van der Waals surface area contributed by atoms with E-state index in [1.165, 1.54) is 0 Å². The predicted molar refractivity (Wildman–Crippen MR) is 9.19 cm³/mol. The van der Waals surface area contributed by atoms with E-state index in [0.717, 1.165) is 0 Å². The molecule has 0 unspecified atom stereocenters. The number of rotatable bonds is 0. The van der Waals surface area contributed by atoms with E-state index >= 15 is 0 Å². The molecule has 0 amide bonds. The van der Waals surface area contributed by atoms with E-state index in [2.05, 4.69) is 0 Å². The minimum Gasteiger partial charge on any atom is -2.00 e. The molecule has 0 aromatic heterocycles. The van der Waals surface area contributed by atoms with Crippen LogP contribution in [0.2, 0.25) is 0 Å². The average molecular weight is 424 g/mol. The molecule has 0 radical (unpaired) electrons. The van der Waals surface area contributed by atoms with Crippen LogP contribution in [0.4, 0.5) is 0 Å². The third kappa shape index (κ3) is 80.0. The quantitative estimate of drug-likeness (QED) is 0.441. The van der Waals surface area contributed by atoms with Crippen LogP contribution in [0, 0.1) is 35.6 Å². The van der Waals surface area contributed by atoms with Crippen LogP contribution in [0.3, 0.4) is 0 Å². The molecule has 0 spiro atoms. The van der Waals surface area contributed by atoms with Crippen molar-refractivity contribution in [1.82, 2.24) is 0 Å². The van der Waals surface area contributed by atoms with E-state index < -0.39 is 0 Å². The molecule has 0 saturated carbocycles. The molecule has 0 atom stereocenters. The molecular weight excluding hydrogens is 424 g/mol. The van der Waals surface area contributed by atoms with Crippen LogP contribution < -0.4 is 0 Å². The number of hydrogen-bond donors (Lipinski definition) is 0. The van der Waals surface area contributed by atoms with Gasteiger partial charge in [-0.25, -0.2) is 0 Å². The topological polar surface area (TPSA) is 142 Å². The van der Waals surface area contributed by atoms with Gasteiger partial charge >= 0.3 is 78.8 Å². The SMILES string of the molecule is [Al+3].[Hf+4].[La+3].[O-2].[O-2].[O-2].[O-2].[O-2]. The Bertz CT molecular complexity index is 12.4. The van der Waals surface area contributed by atoms with Gasteiger partial charge in [0.25, 0.3) is 0 Å². The maximum Gasteiger partial charge on any atom is 4.00 e. The van der Waals surface area contributed by atoms with Crippen molar-refractivity contribution < 1.29 is 88.8 Å². The Morgan fingerprint density at radius 1 is 0.500 bits per heavy atom. The zero-order valence-corrected chi connectivity index (χ0v) is 12.1. The summed E-state index contributed by atoms with van der Waals surface area (Å²) in [7, 11) is 0.